The summed E-state index contributed by atoms with van der Waals surface area (Å²) >= 11 is 1.49. The largest absolute Gasteiger partial charge is 0.339 e. The molecule has 0 radical (unpaired) electrons. The van der Waals surface area contributed by atoms with E-state index in [1.807, 2.05) is 16.7 Å². The third kappa shape index (κ3) is 4.31. The Morgan fingerprint density at radius 2 is 1.75 bits per heavy atom. The van der Waals surface area contributed by atoms with Crippen molar-refractivity contribution < 1.29 is 4.79 Å². The molecule has 5 rings (SSSR count). The van der Waals surface area contributed by atoms with Gasteiger partial charge in [0.15, 0.2) is 11.0 Å². The fourth-order valence-corrected chi connectivity index (χ4v) is 5.96. The van der Waals surface area contributed by atoms with Crippen LogP contribution in [-0.4, -0.2) is 48.9 Å². The molecule has 2 fully saturated rings. The summed E-state index contributed by atoms with van der Waals surface area (Å²) in [6.45, 7) is 2.97. The van der Waals surface area contributed by atoms with E-state index in [1.165, 1.54) is 43.0 Å². The number of hydrogen-bond donors (Lipinski definition) is 0. The van der Waals surface area contributed by atoms with Crippen molar-refractivity contribution in [2.75, 3.05) is 12.3 Å². The van der Waals surface area contributed by atoms with Gasteiger partial charge in [0.25, 0.3) is 0 Å². The summed E-state index contributed by atoms with van der Waals surface area (Å²) in [7, 11) is 0. The van der Waals surface area contributed by atoms with Gasteiger partial charge < -0.3 is 4.90 Å². The van der Waals surface area contributed by atoms with Crippen molar-refractivity contribution in [1.82, 2.24) is 24.6 Å². The maximum Gasteiger partial charge on any atom is 0.233 e. The molecule has 1 aromatic carbocycles. The van der Waals surface area contributed by atoms with Gasteiger partial charge in [0.1, 0.15) is 0 Å². The van der Waals surface area contributed by atoms with Gasteiger partial charge in [-0.2, -0.15) is 0 Å². The van der Waals surface area contributed by atoms with Crippen molar-refractivity contribution in [2.45, 2.75) is 56.6 Å². The first kappa shape index (κ1) is 21.2. The molecule has 2 aromatic heterocycles. The molecule has 1 aliphatic carbocycles. The molecule has 0 bridgehead atoms. The molecule has 166 valence electrons. The summed E-state index contributed by atoms with van der Waals surface area (Å²) in [5.74, 6) is 2.08. The van der Waals surface area contributed by atoms with E-state index in [1.54, 1.807) is 12.4 Å². The number of nitrogens with zero attached hydrogens (tertiary/aromatic N) is 5. The maximum absolute atomic E-state index is 13.2. The van der Waals surface area contributed by atoms with E-state index in [0.717, 1.165) is 41.6 Å². The third-order valence-corrected chi connectivity index (χ3v) is 7.67. The number of amides is 1. The minimum Gasteiger partial charge on any atom is -0.339 e. The normalized spacial score (nSPS) is 20.7. The third-order valence-electron chi connectivity index (χ3n) is 6.75. The van der Waals surface area contributed by atoms with Crippen molar-refractivity contribution in [1.29, 1.82) is 0 Å². The summed E-state index contributed by atoms with van der Waals surface area (Å²) in [6.07, 6.45) is 10.9. The summed E-state index contributed by atoms with van der Waals surface area (Å²) in [5, 5.41) is 9.70. The van der Waals surface area contributed by atoms with Crippen molar-refractivity contribution in [3.8, 4) is 17.1 Å². The Morgan fingerprint density at radius 1 is 1.00 bits per heavy atom. The average molecular weight is 448 g/mol. The number of aryl methyl sites for hydroxylation is 1. The molecule has 1 saturated heterocycles. The monoisotopic (exact) mass is 447 g/mol. The van der Waals surface area contributed by atoms with Gasteiger partial charge in [-0.25, -0.2) is 0 Å². The van der Waals surface area contributed by atoms with Crippen LogP contribution in [0.4, 0.5) is 0 Å². The van der Waals surface area contributed by atoms with E-state index >= 15 is 0 Å². The average Bonchev–Trinajstić information content (AvgIpc) is 3.27. The Kier molecular flexibility index (Phi) is 6.26. The van der Waals surface area contributed by atoms with E-state index in [9.17, 15) is 4.79 Å². The van der Waals surface area contributed by atoms with E-state index < -0.39 is 0 Å². The number of pyridine rings is 1. The molecule has 1 aliphatic heterocycles. The number of benzene rings is 1. The molecule has 1 saturated carbocycles. The second-order valence-corrected chi connectivity index (χ2v) is 9.79. The highest BCUT2D eigenvalue weighted by Gasteiger charge is 2.35. The van der Waals surface area contributed by atoms with Crippen LogP contribution in [0.5, 0.6) is 0 Å². The van der Waals surface area contributed by atoms with Gasteiger partial charge in [-0.05, 0) is 62.8 Å². The van der Waals surface area contributed by atoms with Gasteiger partial charge in [0, 0.05) is 36.2 Å². The zero-order chi connectivity index (χ0) is 21.9. The highest BCUT2D eigenvalue weighted by Crippen LogP contribution is 2.36. The van der Waals surface area contributed by atoms with Gasteiger partial charge in [-0.15, -0.1) is 10.2 Å². The molecule has 0 spiro atoms. The van der Waals surface area contributed by atoms with Gasteiger partial charge in [0.2, 0.25) is 5.91 Å². The first-order chi connectivity index (χ1) is 15.7. The minimum atomic E-state index is 0.232. The maximum atomic E-state index is 13.2. The number of thioether (sulfide) groups is 1. The molecule has 3 heterocycles. The second kappa shape index (κ2) is 9.45. The first-order valence-electron chi connectivity index (χ1n) is 11.6. The molecule has 32 heavy (non-hydrogen) atoms. The van der Waals surface area contributed by atoms with Crippen molar-refractivity contribution in [3.63, 3.8) is 0 Å². The highest BCUT2D eigenvalue weighted by molar-refractivity contribution is 7.99. The lowest BCUT2D eigenvalue weighted by atomic mass is 9.78. The predicted octanol–water partition coefficient (Wildman–Crippen LogP) is 4.91. The number of carbonyl (C=O) groups excluding carboxylic acids is 1. The Morgan fingerprint density at radius 3 is 2.56 bits per heavy atom. The second-order valence-electron chi connectivity index (χ2n) is 8.84. The van der Waals surface area contributed by atoms with Crippen LogP contribution in [0.25, 0.3) is 17.1 Å². The number of rotatable bonds is 5. The standard InChI is InChI=1S/C25H29N5OS/c1-18-8-10-21(11-9-18)30-24(20-12-14-26-15-13-20)27-28-25(30)32-17-23(31)29-16-4-6-19-5-2-3-7-22(19)29/h8-15,19,22H,2-7,16-17H2,1H3. The molecule has 1 amide bonds. The Hall–Kier alpha value is -2.67. The first-order valence-corrected chi connectivity index (χ1v) is 12.5. The van der Waals surface area contributed by atoms with Crippen LogP contribution in [-0.2, 0) is 4.79 Å². The quantitative estimate of drug-likeness (QED) is 0.520. The molecular weight excluding hydrogens is 418 g/mol. The molecule has 3 aromatic rings. The topological polar surface area (TPSA) is 63.9 Å². The zero-order valence-corrected chi connectivity index (χ0v) is 19.3. The summed E-state index contributed by atoms with van der Waals surface area (Å²) in [4.78, 5) is 19.5. The SMILES string of the molecule is Cc1ccc(-n2c(SCC(=O)N3CCCC4CCCCC43)nnc2-c2ccncc2)cc1. The van der Waals surface area contributed by atoms with Crippen LogP contribution in [0.3, 0.4) is 0 Å². The fourth-order valence-electron chi connectivity index (χ4n) is 5.12. The van der Waals surface area contributed by atoms with Crippen LogP contribution in [0, 0.1) is 12.8 Å². The summed E-state index contributed by atoms with van der Waals surface area (Å²) in [6, 6.07) is 12.6. The zero-order valence-electron chi connectivity index (χ0n) is 18.5. The predicted molar refractivity (Wildman–Crippen MR) is 127 cm³/mol. The van der Waals surface area contributed by atoms with Crippen LogP contribution < -0.4 is 0 Å². The number of fused-ring (bicyclic) bond motifs is 1. The highest BCUT2D eigenvalue weighted by atomic mass is 32.2. The summed E-state index contributed by atoms with van der Waals surface area (Å²) in [5.41, 5.74) is 3.14. The molecular formula is C25H29N5OS. The van der Waals surface area contributed by atoms with E-state index in [-0.39, 0.29) is 5.91 Å². The fraction of sp³-hybridized carbons (Fsp3) is 0.440. The Balaban J connectivity index is 1.39. The molecule has 7 heteroatoms. The lowest BCUT2D eigenvalue weighted by Gasteiger charge is -2.44. The number of carbonyl (C=O) groups is 1. The van der Waals surface area contributed by atoms with Crippen LogP contribution >= 0.6 is 11.8 Å². The van der Waals surface area contributed by atoms with Crippen LogP contribution in [0.2, 0.25) is 0 Å². The van der Waals surface area contributed by atoms with Crippen LogP contribution in [0.15, 0.2) is 53.9 Å². The molecule has 2 atom stereocenters. The Labute approximate surface area is 193 Å². The van der Waals surface area contributed by atoms with Crippen LogP contribution in [0.1, 0.15) is 44.1 Å². The van der Waals surface area contributed by atoms with Crippen molar-refractivity contribution in [2.24, 2.45) is 5.92 Å². The van der Waals surface area contributed by atoms with E-state index in [4.69, 9.17) is 0 Å². The van der Waals surface area contributed by atoms with Gasteiger partial charge in [-0.1, -0.05) is 42.3 Å². The van der Waals surface area contributed by atoms with E-state index in [0.29, 0.717) is 17.7 Å². The summed E-state index contributed by atoms with van der Waals surface area (Å²) < 4.78 is 2.05. The van der Waals surface area contributed by atoms with E-state index in [2.05, 4.69) is 51.3 Å². The number of aromatic nitrogens is 4. The van der Waals surface area contributed by atoms with Gasteiger partial charge in [0.05, 0.1) is 5.75 Å². The molecule has 2 aliphatic rings. The molecule has 6 nitrogen and oxygen atoms in total. The number of hydrogen-bond acceptors (Lipinski definition) is 5. The van der Waals surface area contributed by atoms with Crippen molar-refractivity contribution in [3.05, 3.63) is 54.4 Å². The lowest BCUT2D eigenvalue weighted by Crippen LogP contribution is -2.50. The molecule has 2 unspecified atom stereocenters. The number of piperidine rings is 1. The van der Waals surface area contributed by atoms with Gasteiger partial charge >= 0.3 is 0 Å². The van der Waals surface area contributed by atoms with Crippen molar-refractivity contribution >= 4 is 17.7 Å². The lowest BCUT2D eigenvalue weighted by molar-refractivity contribution is -0.134. The minimum absolute atomic E-state index is 0.232. The number of likely N-dealkylation sites (tertiary alicyclic amines) is 1. The van der Waals surface area contributed by atoms with Gasteiger partial charge in [-0.3, -0.25) is 14.3 Å². The molecule has 0 N–H and O–H groups in total. The Bertz CT molecular complexity index is 1060. The smallest absolute Gasteiger partial charge is 0.233 e.